The van der Waals surface area contributed by atoms with E-state index in [4.69, 9.17) is 4.52 Å². The summed E-state index contributed by atoms with van der Waals surface area (Å²) >= 11 is 0. The van der Waals surface area contributed by atoms with Gasteiger partial charge in [0.15, 0.2) is 0 Å². The summed E-state index contributed by atoms with van der Waals surface area (Å²) in [5, 5.41) is 6.83. The molecule has 0 fully saturated rings. The third-order valence-electron chi connectivity index (χ3n) is 2.62. The fraction of sp³-hybridized carbons (Fsp3) is 0. The summed E-state index contributed by atoms with van der Waals surface area (Å²) in [5.74, 6) is 0.741. The van der Waals surface area contributed by atoms with E-state index in [2.05, 4.69) is 20.4 Å². The fourth-order valence-electron chi connectivity index (χ4n) is 1.67. The molecule has 3 aromatic rings. The highest BCUT2D eigenvalue weighted by molar-refractivity contribution is 5.76. The van der Waals surface area contributed by atoms with E-state index in [1.54, 1.807) is 0 Å². The molecule has 20 heavy (non-hydrogen) atoms. The Labute approximate surface area is 116 Å². The molecule has 0 atom stereocenters. The van der Waals surface area contributed by atoms with Crippen LogP contribution >= 0.6 is 0 Å². The lowest BCUT2D eigenvalue weighted by molar-refractivity contribution is 0.432. The van der Waals surface area contributed by atoms with Crippen molar-refractivity contribution in [2.75, 3.05) is 5.32 Å². The average molecular weight is 264 g/mol. The Morgan fingerprint density at radius 2 is 1.65 bits per heavy atom. The predicted octanol–water partition coefficient (Wildman–Crippen LogP) is 3.51. The van der Waals surface area contributed by atoms with Crippen LogP contribution in [0, 0.1) is 0 Å². The van der Waals surface area contributed by atoms with Crippen molar-refractivity contribution in [1.82, 2.24) is 10.1 Å². The van der Waals surface area contributed by atoms with Gasteiger partial charge in [-0.05, 0) is 29.4 Å². The van der Waals surface area contributed by atoms with E-state index in [0.717, 1.165) is 11.3 Å². The van der Waals surface area contributed by atoms with Crippen molar-refractivity contribution in [2.45, 2.75) is 0 Å². The highest BCUT2D eigenvalue weighted by atomic mass is 16.5. The van der Waals surface area contributed by atoms with Crippen molar-refractivity contribution in [2.24, 2.45) is 4.99 Å². The van der Waals surface area contributed by atoms with E-state index in [-0.39, 0.29) is 5.95 Å². The van der Waals surface area contributed by atoms with Crippen molar-refractivity contribution in [1.29, 1.82) is 0 Å². The predicted molar refractivity (Wildman–Crippen MR) is 78.0 cm³/mol. The molecule has 5 heteroatoms. The molecule has 0 aliphatic heterocycles. The molecule has 1 N–H and O–H groups in total. The van der Waals surface area contributed by atoms with Crippen LogP contribution in [0.2, 0.25) is 0 Å². The van der Waals surface area contributed by atoms with Gasteiger partial charge in [0, 0.05) is 11.3 Å². The van der Waals surface area contributed by atoms with E-state index in [0.29, 0.717) is 5.89 Å². The molecule has 0 saturated carbocycles. The summed E-state index contributed by atoms with van der Waals surface area (Å²) in [6.45, 7) is 0. The minimum atomic E-state index is 0.285. The Balaban J connectivity index is 1.69. The van der Waals surface area contributed by atoms with Gasteiger partial charge in [-0.25, -0.2) is 0 Å². The van der Waals surface area contributed by atoms with Gasteiger partial charge in [0.2, 0.25) is 0 Å². The second kappa shape index (κ2) is 5.79. The number of aromatic nitrogens is 2. The number of hydrogen-bond donors (Lipinski definition) is 1. The number of hydrogen-bond acceptors (Lipinski definition) is 4. The highest BCUT2D eigenvalue weighted by Crippen LogP contribution is 2.18. The van der Waals surface area contributed by atoms with Crippen molar-refractivity contribution >= 4 is 18.0 Å². The second-order valence-electron chi connectivity index (χ2n) is 4.03. The van der Waals surface area contributed by atoms with Crippen molar-refractivity contribution in [3.63, 3.8) is 0 Å². The maximum atomic E-state index is 5.15. The monoisotopic (exact) mass is 264 g/mol. The van der Waals surface area contributed by atoms with E-state index in [9.17, 15) is 0 Å². The van der Waals surface area contributed by atoms with Gasteiger partial charge in [-0.15, -0.1) is 0 Å². The Morgan fingerprint density at radius 3 is 2.40 bits per heavy atom. The SMILES string of the molecule is C(=Nc1noc(-c2ccccc2)n1)Nc1ccccc1. The summed E-state index contributed by atoms with van der Waals surface area (Å²) in [4.78, 5) is 8.29. The molecule has 0 aliphatic rings. The number of para-hydroxylation sites is 1. The lowest BCUT2D eigenvalue weighted by Crippen LogP contribution is -1.93. The Bertz CT molecular complexity index is 692. The molecule has 0 amide bonds. The zero-order chi connectivity index (χ0) is 13.6. The molecular formula is C15H12N4O. The summed E-state index contributed by atoms with van der Waals surface area (Å²) in [6, 6.07) is 19.3. The normalized spacial score (nSPS) is 10.8. The van der Waals surface area contributed by atoms with Crippen LogP contribution in [0.4, 0.5) is 11.6 Å². The van der Waals surface area contributed by atoms with Crippen molar-refractivity contribution in [3.8, 4) is 11.5 Å². The summed E-state index contributed by atoms with van der Waals surface area (Å²) < 4.78 is 5.15. The Morgan fingerprint density at radius 1 is 0.950 bits per heavy atom. The first-order valence-corrected chi connectivity index (χ1v) is 6.15. The molecule has 0 aliphatic carbocycles. The molecule has 98 valence electrons. The molecule has 5 nitrogen and oxygen atoms in total. The molecule has 0 radical (unpaired) electrons. The van der Waals surface area contributed by atoms with Gasteiger partial charge >= 0.3 is 0 Å². The standard InChI is InChI=1S/C15H12N4O/c1-3-7-12(8-4-1)14-18-15(19-20-14)17-11-16-13-9-5-2-6-10-13/h1-11H,(H,16,17,19). The number of aliphatic imine (C=N–C) groups is 1. The third kappa shape index (κ3) is 2.89. The van der Waals surface area contributed by atoms with Gasteiger partial charge in [-0.2, -0.15) is 9.98 Å². The average Bonchev–Trinajstić information content (AvgIpc) is 2.98. The lowest BCUT2D eigenvalue weighted by Gasteiger charge is -1.96. The molecule has 2 aromatic carbocycles. The van der Waals surface area contributed by atoms with Crippen LogP contribution in [0.15, 0.2) is 70.2 Å². The second-order valence-corrected chi connectivity index (χ2v) is 4.03. The Hall–Kier alpha value is -2.95. The number of nitrogens with zero attached hydrogens (tertiary/aromatic N) is 3. The maximum absolute atomic E-state index is 5.15. The van der Waals surface area contributed by atoms with Crippen LogP contribution in [0.1, 0.15) is 0 Å². The third-order valence-corrected chi connectivity index (χ3v) is 2.62. The molecule has 0 saturated heterocycles. The van der Waals surface area contributed by atoms with Gasteiger partial charge in [0.1, 0.15) is 0 Å². The summed E-state index contributed by atoms with van der Waals surface area (Å²) in [7, 11) is 0. The smallest absolute Gasteiger partial charge is 0.291 e. The number of rotatable bonds is 4. The zero-order valence-corrected chi connectivity index (χ0v) is 10.6. The van der Waals surface area contributed by atoms with Crippen LogP contribution in [0.3, 0.4) is 0 Å². The first-order chi connectivity index (χ1) is 9.92. The molecule has 0 unspecified atom stereocenters. The molecular weight excluding hydrogens is 252 g/mol. The van der Waals surface area contributed by atoms with Crippen LogP contribution in [0.5, 0.6) is 0 Å². The van der Waals surface area contributed by atoms with Gasteiger partial charge < -0.3 is 9.84 Å². The molecule has 3 rings (SSSR count). The van der Waals surface area contributed by atoms with E-state index >= 15 is 0 Å². The van der Waals surface area contributed by atoms with Crippen LogP contribution in [-0.2, 0) is 0 Å². The molecule has 0 bridgehead atoms. The van der Waals surface area contributed by atoms with Crippen molar-refractivity contribution in [3.05, 3.63) is 60.7 Å². The molecule has 0 spiro atoms. The molecule has 1 heterocycles. The van der Waals surface area contributed by atoms with E-state index < -0.39 is 0 Å². The largest absolute Gasteiger partial charge is 0.346 e. The first kappa shape index (κ1) is 12.1. The molecule has 1 aromatic heterocycles. The van der Waals surface area contributed by atoms with Crippen LogP contribution in [0.25, 0.3) is 11.5 Å². The number of anilines is 1. The first-order valence-electron chi connectivity index (χ1n) is 6.15. The topological polar surface area (TPSA) is 63.3 Å². The number of benzene rings is 2. The summed E-state index contributed by atoms with van der Waals surface area (Å²) in [5.41, 5.74) is 1.82. The quantitative estimate of drug-likeness (QED) is 0.578. The minimum absolute atomic E-state index is 0.285. The van der Waals surface area contributed by atoms with Gasteiger partial charge in [0.05, 0.1) is 6.34 Å². The van der Waals surface area contributed by atoms with Gasteiger partial charge in [-0.1, -0.05) is 36.4 Å². The fourth-order valence-corrected chi connectivity index (χ4v) is 1.67. The van der Waals surface area contributed by atoms with Crippen LogP contribution < -0.4 is 5.32 Å². The highest BCUT2D eigenvalue weighted by Gasteiger charge is 2.06. The van der Waals surface area contributed by atoms with Crippen LogP contribution in [-0.4, -0.2) is 16.5 Å². The van der Waals surface area contributed by atoms with Gasteiger partial charge in [0.25, 0.3) is 11.8 Å². The number of nitrogens with one attached hydrogen (secondary N) is 1. The van der Waals surface area contributed by atoms with Gasteiger partial charge in [-0.3, -0.25) is 0 Å². The van der Waals surface area contributed by atoms with E-state index in [1.807, 2.05) is 60.7 Å². The lowest BCUT2D eigenvalue weighted by atomic mass is 10.2. The van der Waals surface area contributed by atoms with Crippen molar-refractivity contribution < 1.29 is 4.52 Å². The minimum Gasteiger partial charge on any atom is -0.346 e. The zero-order valence-electron chi connectivity index (χ0n) is 10.6. The Kier molecular flexibility index (Phi) is 3.51. The summed E-state index contributed by atoms with van der Waals surface area (Å²) in [6.07, 6.45) is 1.54. The van der Waals surface area contributed by atoms with E-state index in [1.165, 1.54) is 6.34 Å². The maximum Gasteiger partial charge on any atom is 0.291 e.